The van der Waals surface area contributed by atoms with E-state index in [4.69, 9.17) is 21.4 Å². The summed E-state index contributed by atoms with van der Waals surface area (Å²) in [6.45, 7) is -0.631. The first kappa shape index (κ1) is 14.7. The monoisotopic (exact) mass is 302 g/mol. The molecule has 1 N–H and O–H groups in total. The molecule has 0 radical (unpaired) electrons. The fourth-order valence-electron chi connectivity index (χ4n) is 1.63. The van der Waals surface area contributed by atoms with Crippen molar-refractivity contribution in [1.29, 1.82) is 0 Å². The van der Waals surface area contributed by atoms with Crippen molar-refractivity contribution in [2.45, 2.75) is 13.2 Å². The van der Waals surface area contributed by atoms with Gasteiger partial charge in [0.25, 0.3) is 0 Å². The third-order valence-electron chi connectivity index (χ3n) is 2.61. The Morgan fingerprint density at radius 1 is 0.950 bits per heavy atom. The summed E-state index contributed by atoms with van der Waals surface area (Å²) in [5.41, 5.74) is 0.582. The zero-order chi connectivity index (χ0) is 14.7. The maximum atomic E-state index is 13.6. The lowest BCUT2D eigenvalue weighted by atomic mass is 10.2. The van der Waals surface area contributed by atoms with Crippen LogP contribution in [0.1, 0.15) is 11.1 Å². The third kappa shape index (κ3) is 3.23. The molecule has 2 aromatic carbocycles. The SMILES string of the molecule is OCc1cc(F)c(OCc2ccc(F)c(Cl)c2)c(F)c1. The molecule has 106 valence electrons. The lowest BCUT2D eigenvalue weighted by molar-refractivity contribution is 0.266. The molecule has 0 atom stereocenters. The van der Waals surface area contributed by atoms with Gasteiger partial charge in [0.05, 0.1) is 11.6 Å². The molecule has 20 heavy (non-hydrogen) atoms. The molecule has 0 aromatic heterocycles. The van der Waals surface area contributed by atoms with Gasteiger partial charge in [0.1, 0.15) is 12.4 Å². The molecular weight excluding hydrogens is 293 g/mol. The van der Waals surface area contributed by atoms with Crippen LogP contribution in [0.15, 0.2) is 30.3 Å². The summed E-state index contributed by atoms with van der Waals surface area (Å²) in [6.07, 6.45) is 0. The molecule has 0 amide bonds. The Hall–Kier alpha value is -1.72. The van der Waals surface area contributed by atoms with Gasteiger partial charge in [-0.25, -0.2) is 13.2 Å². The summed E-state index contributed by atoms with van der Waals surface area (Å²) >= 11 is 5.59. The van der Waals surface area contributed by atoms with Crippen molar-refractivity contribution in [2.24, 2.45) is 0 Å². The van der Waals surface area contributed by atoms with Crippen molar-refractivity contribution in [3.05, 3.63) is 63.9 Å². The van der Waals surface area contributed by atoms with E-state index in [-0.39, 0.29) is 17.2 Å². The Bertz CT molecular complexity index is 609. The third-order valence-corrected chi connectivity index (χ3v) is 2.90. The van der Waals surface area contributed by atoms with Crippen LogP contribution in [-0.2, 0) is 13.2 Å². The highest BCUT2D eigenvalue weighted by atomic mass is 35.5. The van der Waals surface area contributed by atoms with Crippen LogP contribution in [-0.4, -0.2) is 5.11 Å². The maximum Gasteiger partial charge on any atom is 0.191 e. The zero-order valence-corrected chi connectivity index (χ0v) is 10.9. The zero-order valence-electron chi connectivity index (χ0n) is 10.2. The van der Waals surface area contributed by atoms with E-state index >= 15 is 0 Å². The highest BCUT2D eigenvalue weighted by molar-refractivity contribution is 6.30. The van der Waals surface area contributed by atoms with Crippen LogP contribution in [0.5, 0.6) is 5.75 Å². The quantitative estimate of drug-likeness (QED) is 0.930. The van der Waals surface area contributed by atoms with Crippen LogP contribution in [0.3, 0.4) is 0 Å². The van der Waals surface area contributed by atoms with E-state index in [0.717, 1.165) is 18.2 Å². The Balaban J connectivity index is 2.16. The number of halogens is 4. The Kier molecular flexibility index (Phi) is 4.52. The van der Waals surface area contributed by atoms with E-state index in [1.165, 1.54) is 12.1 Å². The summed E-state index contributed by atoms with van der Waals surface area (Å²) in [7, 11) is 0. The fraction of sp³-hybridized carbons (Fsp3) is 0.143. The number of ether oxygens (including phenoxy) is 1. The normalized spacial score (nSPS) is 10.7. The van der Waals surface area contributed by atoms with Crippen molar-refractivity contribution in [3.63, 3.8) is 0 Å². The minimum Gasteiger partial charge on any atom is -0.483 e. The van der Waals surface area contributed by atoms with Gasteiger partial charge >= 0.3 is 0 Å². The predicted octanol–water partition coefficient (Wildman–Crippen LogP) is 3.83. The molecule has 0 bridgehead atoms. The summed E-state index contributed by atoms with van der Waals surface area (Å²) in [6, 6.07) is 5.82. The van der Waals surface area contributed by atoms with Gasteiger partial charge in [0.2, 0.25) is 0 Å². The molecule has 2 rings (SSSR count). The standard InChI is InChI=1S/C14H10ClF3O2/c15-10-3-8(1-2-11(10)16)7-20-14-12(17)4-9(6-19)5-13(14)18/h1-5,19H,6-7H2. The number of rotatable bonds is 4. The lowest BCUT2D eigenvalue weighted by Gasteiger charge is -2.10. The van der Waals surface area contributed by atoms with Gasteiger partial charge < -0.3 is 9.84 Å². The number of aliphatic hydroxyl groups is 1. The first-order valence-electron chi connectivity index (χ1n) is 5.66. The van der Waals surface area contributed by atoms with E-state index in [9.17, 15) is 13.2 Å². The minimum atomic E-state index is -0.915. The predicted molar refractivity (Wildman–Crippen MR) is 68.0 cm³/mol. The number of aliphatic hydroxyl groups excluding tert-OH is 1. The first-order valence-corrected chi connectivity index (χ1v) is 6.04. The Labute approximate surface area is 118 Å². The van der Waals surface area contributed by atoms with Crippen molar-refractivity contribution in [1.82, 2.24) is 0 Å². The molecule has 0 aliphatic carbocycles. The first-order chi connectivity index (χ1) is 9.51. The van der Waals surface area contributed by atoms with Crippen LogP contribution in [0, 0.1) is 17.5 Å². The molecule has 2 aromatic rings. The molecule has 6 heteroatoms. The van der Waals surface area contributed by atoms with E-state index < -0.39 is 29.8 Å². The highest BCUT2D eigenvalue weighted by Crippen LogP contribution is 2.25. The molecule has 2 nitrogen and oxygen atoms in total. The van der Waals surface area contributed by atoms with Crippen LogP contribution in [0.4, 0.5) is 13.2 Å². The van der Waals surface area contributed by atoms with Gasteiger partial charge in [-0.15, -0.1) is 0 Å². The van der Waals surface area contributed by atoms with Crippen LogP contribution >= 0.6 is 11.6 Å². The molecule has 0 unspecified atom stereocenters. The summed E-state index contributed by atoms with van der Waals surface area (Å²) in [4.78, 5) is 0. The average Bonchev–Trinajstić information content (AvgIpc) is 2.41. The van der Waals surface area contributed by atoms with Crippen LogP contribution in [0.25, 0.3) is 0 Å². The summed E-state index contributed by atoms with van der Waals surface area (Å²) in [5, 5.41) is 8.72. The van der Waals surface area contributed by atoms with E-state index in [2.05, 4.69) is 0 Å². The van der Waals surface area contributed by atoms with Crippen molar-refractivity contribution >= 4 is 11.6 Å². The molecule has 0 fully saturated rings. The van der Waals surface area contributed by atoms with E-state index in [1.807, 2.05) is 0 Å². The Morgan fingerprint density at radius 2 is 1.60 bits per heavy atom. The van der Waals surface area contributed by atoms with Gasteiger partial charge in [0.15, 0.2) is 17.4 Å². The van der Waals surface area contributed by atoms with Crippen LogP contribution < -0.4 is 4.74 Å². The summed E-state index contributed by atoms with van der Waals surface area (Å²) in [5.74, 6) is -2.97. The lowest BCUT2D eigenvalue weighted by Crippen LogP contribution is -2.01. The average molecular weight is 303 g/mol. The Morgan fingerprint density at radius 3 is 2.15 bits per heavy atom. The number of hydrogen-bond acceptors (Lipinski definition) is 2. The van der Waals surface area contributed by atoms with Gasteiger partial charge in [0, 0.05) is 0 Å². The molecule has 0 saturated heterocycles. The smallest absolute Gasteiger partial charge is 0.191 e. The number of hydrogen-bond donors (Lipinski definition) is 1. The van der Waals surface area contributed by atoms with Gasteiger partial charge in [-0.3, -0.25) is 0 Å². The second kappa shape index (κ2) is 6.15. The maximum absolute atomic E-state index is 13.6. The minimum absolute atomic E-state index is 0.0947. The largest absolute Gasteiger partial charge is 0.483 e. The van der Waals surface area contributed by atoms with Crippen LogP contribution in [0.2, 0.25) is 5.02 Å². The van der Waals surface area contributed by atoms with Crippen molar-refractivity contribution in [2.75, 3.05) is 0 Å². The highest BCUT2D eigenvalue weighted by Gasteiger charge is 2.13. The molecule has 0 aliphatic heterocycles. The topological polar surface area (TPSA) is 29.5 Å². The second-order valence-electron chi connectivity index (χ2n) is 4.08. The van der Waals surface area contributed by atoms with Gasteiger partial charge in [-0.2, -0.15) is 0 Å². The second-order valence-corrected chi connectivity index (χ2v) is 4.49. The molecule has 0 spiro atoms. The summed E-state index contributed by atoms with van der Waals surface area (Å²) < 4.78 is 45.2. The van der Waals surface area contributed by atoms with Crippen molar-refractivity contribution < 1.29 is 23.0 Å². The van der Waals surface area contributed by atoms with Gasteiger partial charge in [-0.05, 0) is 35.4 Å². The molecule has 0 aliphatic rings. The van der Waals surface area contributed by atoms with E-state index in [0.29, 0.717) is 5.56 Å². The van der Waals surface area contributed by atoms with Gasteiger partial charge in [-0.1, -0.05) is 17.7 Å². The van der Waals surface area contributed by atoms with E-state index in [1.54, 1.807) is 0 Å². The molecular formula is C14H10ClF3O2. The fourth-order valence-corrected chi connectivity index (χ4v) is 1.83. The molecule has 0 saturated carbocycles. The number of benzene rings is 2. The molecule has 0 heterocycles. The van der Waals surface area contributed by atoms with Crippen molar-refractivity contribution in [3.8, 4) is 5.75 Å².